The molecule has 2 aliphatic heterocycles. The zero-order valence-electron chi connectivity index (χ0n) is 13.7. The lowest BCUT2D eigenvalue weighted by Crippen LogP contribution is -2.50. The molecular formula is C15H27N3O5. The Morgan fingerprint density at radius 3 is 2.17 bits per heavy atom. The van der Waals surface area contributed by atoms with E-state index < -0.39 is 24.0 Å². The minimum atomic E-state index is -0.934. The number of carbonyl (C=O) groups excluding carboxylic acids is 1. The topological polar surface area (TPSA) is 133 Å². The summed E-state index contributed by atoms with van der Waals surface area (Å²) in [6, 6.07) is -1.54. The Morgan fingerprint density at radius 2 is 1.78 bits per heavy atom. The first-order valence-electron chi connectivity index (χ1n) is 8.00. The molecule has 2 saturated heterocycles. The number of amides is 1. The highest BCUT2D eigenvalue weighted by molar-refractivity contribution is 5.87. The maximum absolute atomic E-state index is 11.8. The van der Waals surface area contributed by atoms with Crippen molar-refractivity contribution >= 4 is 17.8 Å². The van der Waals surface area contributed by atoms with Crippen LogP contribution in [0, 0.1) is 5.92 Å². The molecule has 23 heavy (non-hydrogen) atoms. The summed E-state index contributed by atoms with van der Waals surface area (Å²) >= 11 is 0. The maximum atomic E-state index is 11.8. The molecule has 2 fully saturated rings. The van der Waals surface area contributed by atoms with E-state index in [4.69, 9.17) is 15.9 Å². The molecule has 0 radical (unpaired) electrons. The molecule has 8 nitrogen and oxygen atoms in total. The Labute approximate surface area is 136 Å². The fraction of sp³-hybridized carbons (Fsp3) is 0.800. The van der Waals surface area contributed by atoms with Crippen LogP contribution < -0.4 is 11.1 Å². The molecule has 0 unspecified atom stereocenters. The molecule has 1 amide bonds. The lowest BCUT2D eigenvalue weighted by Gasteiger charge is -2.26. The van der Waals surface area contributed by atoms with E-state index in [-0.39, 0.29) is 17.9 Å². The second kappa shape index (κ2) is 8.83. The third-order valence-electron chi connectivity index (χ3n) is 4.18. The van der Waals surface area contributed by atoms with Gasteiger partial charge in [0.1, 0.15) is 12.1 Å². The van der Waals surface area contributed by atoms with Gasteiger partial charge >= 0.3 is 11.9 Å². The van der Waals surface area contributed by atoms with E-state index in [1.807, 2.05) is 13.8 Å². The zero-order valence-corrected chi connectivity index (χ0v) is 13.7. The summed E-state index contributed by atoms with van der Waals surface area (Å²) in [5, 5.41) is 20.1. The van der Waals surface area contributed by atoms with Crippen LogP contribution in [-0.4, -0.2) is 64.2 Å². The van der Waals surface area contributed by atoms with Crippen molar-refractivity contribution in [3.8, 4) is 0 Å². The second-order valence-electron chi connectivity index (χ2n) is 6.28. The van der Waals surface area contributed by atoms with Crippen molar-refractivity contribution in [3.05, 3.63) is 0 Å². The van der Waals surface area contributed by atoms with Gasteiger partial charge in [0.05, 0.1) is 6.04 Å². The Balaban J connectivity index is 0.000000277. The van der Waals surface area contributed by atoms with Crippen molar-refractivity contribution in [2.45, 2.75) is 57.7 Å². The summed E-state index contributed by atoms with van der Waals surface area (Å²) < 4.78 is 0. The Morgan fingerprint density at radius 1 is 1.13 bits per heavy atom. The van der Waals surface area contributed by atoms with Gasteiger partial charge in [0.25, 0.3) is 0 Å². The van der Waals surface area contributed by atoms with Crippen LogP contribution in [0.5, 0.6) is 0 Å². The average Bonchev–Trinajstić information content (AvgIpc) is 3.16. The number of hydrogen-bond donors (Lipinski definition) is 4. The fourth-order valence-electron chi connectivity index (χ4n) is 2.66. The van der Waals surface area contributed by atoms with Crippen LogP contribution in [0.2, 0.25) is 0 Å². The lowest BCUT2D eigenvalue weighted by atomic mass is 10.0. The van der Waals surface area contributed by atoms with Gasteiger partial charge in [0, 0.05) is 6.54 Å². The Bertz CT molecular complexity index is 435. The Hall–Kier alpha value is -1.67. The molecule has 0 saturated carbocycles. The highest BCUT2D eigenvalue weighted by Crippen LogP contribution is 2.19. The van der Waals surface area contributed by atoms with Gasteiger partial charge in [-0.05, 0) is 38.1 Å². The fourth-order valence-corrected chi connectivity index (χ4v) is 2.66. The summed E-state index contributed by atoms with van der Waals surface area (Å²) in [7, 11) is 0. The smallest absolute Gasteiger partial charge is 0.326 e. The third kappa shape index (κ3) is 5.47. The quantitative estimate of drug-likeness (QED) is 0.564. The van der Waals surface area contributed by atoms with Crippen LogP contribution in [-0.2, 0) is 14.4 Å². The lowest BCUT2D eigenvalue weighted by molar-refractivity contribution is -0.149. The van der Waals surface area contributed by atoms with Crippen LogP contribution in [0.1, 0.15) is 39.5 Å². The average molecular weight is 329 g/mol. The first-order chi connectivity index (χ1) is 10.8. The molecule has 0 aromatic rings. The predicted octanol–water partition coefficient (Wildman–Crippen LogP) is -0.132. The maximum Gasteiger partial charge on any atom is 0.326 e. The van der Waals surface area contributed by atoms with Gasteiger partial charge in [-0.3, -0.25) is 9.59 Å². The highest BCUT2D eigenvalue weighted by Gasteiger charge is 2.36. The van der Waals surface area contributed by atoms with Crippen molar-refractivity contribution in [2.75, 3.05) is 13.1 Å². The minimum absolute atomic E-state index is 0.0348. The van der Waals surface area contributed by atoms with Gasteiger partial charge in [-0.2, -0.15) is 0 Å². The number of likely N-dealkylation sites (tertiary alicyclic amines) is 1. The van der Waals surface area contributed by atoms with Gasteiger partial charge in [0.15, 0.2) is 0 Å². The zero-order chi connectivity index (χ0) is 17.6. The van der Waals surface area contributed by atoms with E-state index in [2.05, 4.69) is 5.32 Å². The largest absolute Gasteiger partial charge is 0.480 e. The summed E-state index contributed by atoms with van der Waals surface area (Å²) in [6.45, 7) is 5.08. The molecule has 0 spiro atoms. The minimum Gasteiger partial charge on any atom is -0.480 e. The van der Waals surface area contributed by atoms with E-state index in [0.717, 1.165) is 25.8 Å². The van der Waals surface area contributed by atoms with Gasteiger partial charge in [-0.25, -0.2) is 4.79 Å². The van der Waals surface area contributed by atoms with Gasteiger partial charge in [-0.15, -0.1) is 0 Å². The van der Waals surface area contributed by atoms with Crippen LogP contribution in [0.3, 0.4) is 0 Å². The number of nitrogens with one attached hydrogen (secondary N) is 1. The molecule has 8 heteroatoms. The number of rotatable bonds is 4. The number of aliphatic carboxylic acids is 2. The number of nitrogens with two attached hydrogens (primary N) is 1. The molecule has 0 bridgehead atoms. The van der Waals surface area contributed by atoms with Crippen molar-refractivity contribution in [3.63, 3.8) is 0 Å². The SMILES string of the molecule is CC(C)[C@H](N)C(=O)N1CCC[C@H]1C(=O)O.O=C(O)[C@@H]1CCCN1. The number of carboxylic acids is 2. The molecule has 3 atom stereocenters. The standard InChI is InChI=1S/C10H18N2O3.C5H9NO2/c1-6(2)8(11)9(13)12-5-3-4-7(12)10(14)15;7-5(8)4-2-1-3-6-4/h6-8H,3-5,11H2,1-2H3,(H,14,15);4,6H,1-3H2,(H,7,8)/t7-,8-;4-/m00/s1. The van der Waals surface area contributed by atoms with Crippen molar-refractivity contribution in [1.82, 2.24) is 10.2 Å². The molecule has 2 aliphatic rings. The molecular weight excluding hydrogens is 302 g/mol. The molecule has 0 aliphatic carbocycles. The van der Waals surface area contributed by atoms with E-state index in [9.17, 15) is 14.4 Å². The molecule has 0 aromatic heterocycles. The summed E-state index contributed by atoms with van der Waals surface area (Å²) in [5.41, 5.74) is 5.72. The molecule has 5 N–H and O–H groups in total. The molecule has 0 aromatic carbocycles. The van der Waals surface area contributed by atoms with Gasteiger partial charge in [0.2, 0.25) is 5.91 Å². The van der Waals surface area contributed by atoms with Gasteiger partial charge < -0.3 is 26.2 Å². The molecule has 2 rings (SSSR count). The number of hydrogen-bond acceptors (Lipinski definition) is 5. The van der Waals surface area contributed by atoms with E-state index >= 15 is 0 Å². The molecule has 2 heterocycles. The first-order valence-corrected chi connectivity index (χ1v) is 8.00. The number of carbonyl (C=O) groups is 3. The number of carboxylic acid groups (broad SMARTS) is 2. The van der Waals surface area contributed by atoms with Crippen molar-refractivity contribution in [2.24, 2.45) is 11.7 Å². The van der Waals surface area contributed by atoms with Crippen LogP contribution in [0.25, 0.3) is 0 Å². The highest BCUT2D eigenvalue weighted by atomic mass is 16.4. The van der Waals surface area contributed by atoms with Crippen LogP contribution >= 0.6 is 0 Å². The normalized spacial score (nSPS) is 25.0. The first kappa shape index (κ1) is 19.4. The molecule has 132 valence electrons. The predicted molar refractivity (Wildman–Crippen MR) is 83.8 cm³/mol. The van der Waals surface area contributed by atoms with Gasteiger partial charge in [-0.1, -0.05) is 13.8 Å². The van der Waals surface area contributed by atoms with E-state index in [1.165, 1.54) is 4.90 Å². The monoisotopic (exact) mass is 329 g/mol. The third-order valence-corrected chi connectivity index (χ3v) is 4.18. The number of nitrogens with zero attached hydrogens (tertiary/aromatic N) is 1. The Kier molecular flexibility index (Phi) is 7.44. The van der Waals surface area contributed by atoms with E-state index in [0.29, 0.717) is 13.0 Å². The van der Waals surface area contributed by atoms with Crippen LogP contribution in [0.4, 0.5) is 0 Å². The van der Waals surface area contributed by atoms with Crippen molar-refractivity contribution in [1.29, 1.82) is 0 Å². The summed E-state index contributed by atoms with van der Waals surface area (Å²) in [4.78, 5) is 34.2. The second-order valence-corrected chi connectivity index (χ2v) is 6.28. The van der Waals surface area contributed by atoms with Crippen LogP contribution in [0.15, 0.2) is 0 Å². The summed E-state index contributed by atoms with van der Waals surface area (Å²) in [6.07, 6.45) is 3.06. The van der Waals surface area contributed by atoms with Crippen molar-refractivity contribution < 1.29 is 24.6 Å². The summed E-state index contributed by atoms with van der Waals surface area (Å²) in [5.74, 6) is -1.86. The van der Waals surface area contributed by atoms with E-state index in [1.54, 1.807) is 0 Å².